The molecule has 5 nitrogen and oxygen atoms in total. The van der Waals surface area contributed by atoms with E-state index in [1.165, 1.54) is 9.36 Å². The Morgan fingerprint density at radius 3 is 2.58 bits per heavy atom. The van der Waals surface area contributed by atoms with E-state index in [-0.39, 0.29) is 28.2 Å². The van der Waals surface area contributed by atoms with Crippen molar-refractivity contribution in [3.63, 3.8) is 0 Å². The highest BCUT2D eigenvalue weighted by Gasteiger charge is 2.26. The van der Waals surface area contributed by atoms with Gasteiger partial charge in [0.25, 0.3) is 5.56 Å². The van der Waals surface area contributed by atoms with Gasteiger partial charge < -0.3 is 5.73 Å². The van der Waals surface area contributed by atoms with Crippen molar-refractivity contribution in [1.29, 1.82) is 0 Å². The van der Waals surface area contributed by atoms with E-state index in [4.69, 9.17) is 17.3 Å². The maximum Gasteiger partial charge on any atom is 0.306 e. The molecule has 0 radical (unpaired) electrons. The molecular formula is C17H22ClN3O2S. The van der Waals surface area contributed by atoms with E-state index in [1.807, 2.05) is 20.8 Å². The molecule has 0 bridgehead atoms. The summed E-state index contributed by atoms with van der Waals surface area (Å²) in [6.45, 7) is 5.84. The van der Waals surface area contributed by atoms with Crippen molar-refractivity contribution >= 4 is 34.4 Å². The van der Waals surface area contributed by atoms with Gasteiger partial charge in [-0.15, -0.1) is 0 Å². The highest BCUT2D eigenvalue weighted by atomic mass is 35.5. The molecule has 1 atom stereocenters. The Hall–Kier alpha value is -1.66. The van der Waals surface area contributed by atoms with Gasteiger partial charge in [-0.3, -0.25) is 9.59 Å². The van der Waals surface area contributed by atoms with E-state index >= 15 is 0 Å². The summed E-state index contributed by atoms with van der Waals surface area (Å²) in [5, 5.41) is 0.178. The van der Waals surface area contributed by atoms with Crippen LogP contribution in [0.15, 0.2) is 29.1 Å². The molecule has 0 aliphatic heterocycles. The lowest BCUT2D eigenvalue weighted by atomic mass is 10.1. The third-order valence-corrected chi connectivity index (χ3v) is 4.87. The minimum absolute atomic E-state index is 0.137. The van der Waals surface area contributed by atoms with Gasteiger partial charge in [-0.1, -0.05) is 61.8 Å². The second-order valence-electron chi connectivity index (χ2n) is 5.54. The lowest BCUT2D eigenvalue weighted by molar-refractivity contribution is 0.252. The fourth-order valence-electron chi connectivity index (χ4n) is 2.76. The average molecular weight is 368 g/mol. The molecule has 1 unspecified atom stereocenters. The molecule has 2 N–H and O–H groups in total. The van der Waals surface area contributed by atoms with Gasteiger partial charge in [-0.2, -0.15) is 4.68 Å². The molecule has 0 fully saturated rings. The van der Waals surface area contributed by atoms with Crippen LogP contribution >= 0.6 is 23.4 Å². The molecule has 2 aromatic rings. The van der Waals surface area contributed by atoms with Crippen LogP contribution in [0.4, 0.5) is 10.6 Å². The minimum atomic E-state index is -0.286. The van der Waals surface area contributed by atoms with Gasteiger partial charge >= 0.3 is 5.24 Å². The maximum atomic E-state index is 13.0. The first-order chi connectivity index (χ1) is 11.4. The summed E-state index contributed by atoms with van der Waals surface area (Å²) in [5.41, 5.74) is 6.77. The summed E-state index contributed by atoms with van der Waals surface area (Å²) >= 11 is 7.36. The van der Waals surface area contributed by atoms with Crippen molar-refractivity contribution in [3.05, 3.63) is 39.6 Å². The van der Waals surface area contributed by atoms with Crippen LogP contribution in [0.2, 0.25) is 5.02 Å². The molecule has 0 saturated carbocycles. The third-order valence-electron chi connectivity index (χ3n) is 3.83. The smallest absolute Gasteiger partial charge is 0.306 e. The number of nitrogens with zero attached hydrogens (tertiary/aromatic N) is 2. The second-order valence-corrected chi connectivity index (χ2v) is 7.16. The van der Waals surface area contributed by atoms with Crippen LogP contribution in [-0.4, -0.2) is 20.4 Å². The normalized spacial score (nSPS) is 12.3. The molecule has 0 aliphatic rings. The van der Waals surface area contributed by atoms with Crippen LogP contribution in [0.1, 0.15) is 39.7 Å². The molecule has 0 saturated heterocycles. The van der Waals surface area contributed by atoms with Crippen molar-refractivity contribution in [2.75, 3.05) is 11.5 Å². The number of nitrogen functional groups attached to an aromatic ring is 1. The highest BCUT2D eigenvalue weighted by molar-refractivity contribution is 8.13. The fourth-order valence-corrected chi connectivity index (χ4v) is 3.55. The topological polar surface area (TPSA) is 70.0 Å². The molecule has 0 amide bonds. The van der Waals surface area contributed by atoms with Gasteiger partial charge in [0, 0.05) is 10.6 Å². The largest absolute Gasteiger partial charge is 0.383 e. The summed E-state index contributed by atoms with van der Waals surface area (Å²) in [6, 6.07) is 6.89. The predicted molar refractivity (Wildman–Crippen MR) is 102 cm³/mol. The summed E-state index contributed by atoms with van der Waals surface area (Å²) in [7, 11) is 0. The summed E-state index contributed by atoms with van der Waals surface area (Å²) in [6.07, 6.45) is 1.67. The van der Waals surface area contributed by atoms with Gasteiger partial charge in [0.05, 0.1) is 11.6 Å². The van der Waals surface area contributed by atoms with E-state index in [2.05, 4.69) is 0 Å². The Morgan fingerprint density at radius 2 is 2.00 bits per heavy atom. The van der Waals surface area contributed by atoms with E-state index in [0.29, 0.717) is 16.3 Å². The number of hydrogen-bond donors (Lipinski definition) is 1. The molecule has 1 aromatic carbocycles. The molecule has 130 valence electrons. The van der Waals surface area contributed by atoms with Crippen molar-refractivity contribution < 1.29 is 4.79 Å². The van der Waals surface area contributed by atoms with Gasteiger partial charge in [0.2, 0.25) is 0 Å². The zero-order valence-electron chi connectivity index (χ0n) is 14.1. The van der Waals surface area contributed by atoms with Crippen LogP contribution in [0, 0.1) is 0 Å². The van der Waals surface area contributed by atoms with Gasteiger partial charge in [-0.25, -0.2) is 4.68 Å². The summed E-state index contributed by atoms with van der Waals surface area (Å²) < 4.78 is 2.76. The number of anilines is 1. The molecule has 7 heteroatoms. The van der Waals surface area contributed by atoms with Crippen LogP contribution in [0.3, 0.4) is 0 Å². The second kappa shape index (κ2) is 7.94. The zero-order valence-corrected chi connectivity index (χ0v) is 15.7. The first-order valence-electron chi connectivity index (χ1n) is 7.98. The molecule has 0 aliphatic carbocycles. The number of rotatable bonds is 5. The molecule has 2 rings (SSSR count). The number of halogens is 1. The maximum absolute atomic E-state index is 13.0. The van der Waals surface area contributed by atoms with E-state index < -0.39 is 0 Å². The number of aromatic nitrogens is 2. The van der Waals surface area contributed by atoms with Crippen molar-refractivity contribution in [2.24, 2.45) is 0 Å². The van der Waals surface area contributed by atoms with E-state index in [1.54, 1.807) is 24.3 Å². The van der Waals surface area contributed by atoms with E-state index in [0.717, 1.165) is 24.6 Å². The minimum Gasteiger partial charge on any atom is -0.383 e. The Bertz CT molecular complexity index is 798. The molecule has 1 heterocycles. The summed E-state index contributed by atoms with van der Waals surface area (Å²) in [5.74, 6) is 0.746. The third kappa shape index (κ3) is 3.39. The number of carbonyl (C=O) groups excluding carboxylic acids is 1. The van der Waals surface area contributed by atoms with Crippen LogP contribution in [0.25, 0.3) is 11.1 Å². The Labute approximate surface area is 150 Å². The van der Waals surface area contributed by atoms with Gasteiger partial charge in [0.15, 0.2) is 0 Å². The standard InChI is InChI=1S/C17H22ClN3O2S/c1-4-8-11(3)20-16(22)14(12-9-6-7-10-13(12)18)15(19)21(20)17(23)24-5-2/h6-7,9-11H,4-5,8,19H2,1-3H3. The van der Waals surface area contributed by atoms with E-state index in [9.17, 15) is 9.59 Å². The van der Waals surface area contributed by atoms with Gasteiger partial charge in [-0.05, 0) is 25.2 Å². The molecule has 1 aromatic heterocycles. The number of carbonyl (C=O) groups is 1. The van der Waals surface area contributed by atoms with Crippen molar-refractivity contribution in [3.8, 4) is 11.1 Å². The quantitative estimate of drug-likeness (QED) is 0.836. The van der Waals surface area contributed by atoms with Crippen LogP contribution in [0.5, 0.6) is 0 Å². The van der Waals surface area contributed by atoms with Gasteiger partial charge in [0.1, 0.15) is 5.82 Å². The fraction of sp³-hybridized carbons (Fsp3) is 0.412. The molecule has 24 heavy (non-hydrogen) atoms. The number of nitrogens with two attached hydrogens (primary N) is 1. The van der Waals surface area contributed by atoms with Crippen molar-refractivity contribution in [1.82, 2.24) is 9.36 Å². The number of thioether (sulfide) groups is 1. The predicted octanol–water partition coefficient (Wildman–Crippen LogP) is 4.63. The first kappa shape index (κ1) is 18.7. The molecule has 0 spiro atoms. The first-order valence-corrected chi connectivity index (χ1v) is 9.35. The lowest BCUT2D eigenvalue weighted by Crippen LogP contribution is -2.29. The number of hydrogen-bond acceptors (Lipinski definition) is 4. The Balaban J connectivity index is 2.75. The summed E-state index contributed by atoms with van der Waals surface area (Å²) in [4.78, 5) is 25.6. The van der Waals surface area contributed by atoms with Crippen LogP contribution in [-0.2, 0) is 0 Å². The SMILES string of the molecule is CCCC(C)n1c(=O)c(-c2ccccc2Cl)c(N)n1C(=O)SCC. The number of benzene rings is 1. The Kier molecular flexibility index (Phi) is 6.18. The zero-order chi connectivity index (χ0) is 17.9. The lowest BCUT2D eigenvalue weighted by Gasteiger charge is -2.16. The Morgan fingerprint density at radius 1 is 1.33 bits per heavy atom. The monoisotopic (exact) mass is 367 g/mol. The van der Waals surface area contributed by atoms with Crippen LogP contribution < -0.4 is 11.3 Å². The highest BCUT2D eigenvalue weighted by Crippen LogP contribution is 2.31. The van der Waals surface area contributed by atoms with Crippen molar-refractivity contribution in [2.45, 2.75) is 39.7 Å². The average Bonchev–Trinajstić information content (AvgIpc) is 2.79. The molecular weight excluding hydrogens is 346 g/mol.